The summed E-state index contributed by atoms with van der Waals surface area (Å²) in [5.74, 6) is 0.636. The second-order valence-electron chi connectivity index (χ2n) is 4.21. The van der Waals surface area contributed by atoms with Crippen LogP contribution in [0.25, 0.3) is 5.65 Å². The Kier molecular flexibility index (Phi) is 3.30. The highest BCUT2D eigenvalue weighted by atomic mass is 35.5. The predicted octanol–water partition coefficient (Wildman–Crippen LogP) is 2.03. The Hall–Kier alpha value is -2.47. The minimum atomic E-state index is 0.636. The van der Waals surface area contributed by atoms with Crippen LogP contribution in [0.4, 0.5) is 5.82 Å². The molecule has 100 valence electrons. The molecule has 2 N–H and O–H groups in total. The summed E-state index contributed by atoms with van der Waals surface area (Å²) in [6.07, 6.45) is 1.66. The van der Waals surface area contributed by atoms with Gasteiger partial charge in [0.25, 0.3) is 0 Å². The zero-order chi connectivity index (χ0) is 13.9. The van der Waals surface area contributed by atoms with Crippen molar-refractivity contribution in [1.82, 2.24) is 15.3 Å². The average molecular weight is 288 g/mol. The summed E-state index contributed by atoms with van der Waals surface area (Å²) in [7, 11) is 0. The van der Waals surface area contributed by atoms with Crippen LogP contribution in [0.15, 0.2) is 47.8 Å². The molecule has 2 aromatic heterocycles. The van der Waals surface area contributed by atoms with Crippen molar-refractivity contribution in [1.29, 1.82) is 0 Å². The molecule has 3 rings (SSSR count). The summed E-state index contributed by atoms with van der Waals surface area (Å²) < 4.78 is 1.63. The fourth-order valence-electron chi connectivity index (χ4n) is 1.72. The van der Waals surface area contributed by atoms with Crippen molar-refractivity contribution < 1.29 is 4.52 Å². The van der Waals surface area contributed by atoms with Crippen molar-refractivity contribution >= 4 is 28.8 Å². The van der Waals surface area contributed by atoms with Gasteiger partial charge in [-0.1, -0.05) is 28.8 Å². The Balaban J connectivity index is 1.80. The predicted molar refractivity (Wildman–Crippen MR) is 76.8 cm³/mol. The van der Waals surface area contributed by atoms with E-state index in [-0.39, 0.29) is 0 Å². The second kappa shape index (κ2) is 5.26. The van der Waals surface area contributed by atoms with Crippen LogP contribution < -0.4 is 9.94 Å². The van der Waals surface area contributed by atoms with E-state index < -0.39 is 0 Å². The van der Waals surface area contributed by atoms with Crippen LogP contribution in [-0.4, -0.2) is 21.0 Å². The van der Waals surface area contributed by atoms with Crippen LogP contribution >= 0.6 is 11.6 Å². The number of halogens is 1. The summed E-state index contributed by atoms with van der Waals surface area (Å²) in [5.41, 5.74) is 5.51. The van der Waals surface area contributed by atoms with Crippen molar-refractivity contribution in [2.45, 2.75) is 6.92 Å². The minimum Gasteiger partial charge on any atom is -0.259 e. The number of rotatable bonds is 3. The standard InChI is InChI=1S/C13H11ClN6/c1-9(10-2-4-11(14)5-3-10)16-17-12-6-7-13-18-15-8-20(13)19-12/h2-8H,1H3,(H,17,19)/p+1/b16-9-. The molecule has 0 saturated heterocycles. The number of hydrazone groups is 1. The van der Waals surface area contributed by atoms with E-state index in [0.29, 0.717) is 10.8 Å². The molecular formula is C13H12ClN6+. The van der Waals surface area contributed by atoms with Gasteiger partial charge in [0.15, 0.2) is 5.82 Å². The molecule has 0 atom stereocenters. The molecule has 1 aromatic carbocycles. The summed E-state index contributed by atoms with van der Waals surface area (Å²) in [5, 5.41) is 16.1. The lowest BCUT2D eigenvalue weighted by atomic mass is 10.1. The van der Waals surface area contributed by atoms with Gasteiger partial charge in [-0.25, -0.2) is 0 Å². The molecule has 0 aliphatic carbocycles. The third-order valence-corrected chi connectivity index (χ3v) is 3.05. The molecule has 0 fully saturated rings. The molecule has 0 radical (unpaired) electrons. The summed E-state index contributed by atoms with van der Waals surface area (Å²) in [6.45, 7) is 1.92. The number of hydrogen-bond acceptors (Lipinski definition) is 4. The van der Waals surface area contributed by atoms with E-state index >= 15 is 0 Å². The van der Waals surface area contributed by atoms with Crippen molar-refractivity contribution in [2.24, 2.45) is 5.10 Å². The van der Waals surface area contributed by atoms with Crippen LogP contribution in [0.2, 0.25) is 5.02 Å². The van der Waals surface area contributed by atoms with Gasteiger partial charge in [0.1, 0.15) is 0 Å². The van der Waals surface area contributed by atoms with E-state index in [4.69, 9.17) is 11.6 Å². The van der Waals surface area contributed by atoms with E-state index in [9.17, 15) is 0 Å². The van der Waals surface area contributed by atoms with Crippen molar-refractivity contribution in [3.63, 3.8) is 0 Å². The first-order valence-electron chi connectivity index (χ1n) is 6.01. The van der Waals surface area contributed by atoms with E-state index in [1.807, 2.05) is 43.3 Å². The third-order valence-electron chi connectivity index (χ3n) is 2.80. The van der Waals surface area contributed by atoms with Gasteiger partial charge in [-0.3, -0.25) is 5.43 Å². The maximum atomic E-state index is 5.86. The van der Waals surface area contributed by atoms with Crippen molar-refractivity contribution in [3.8, 4) is 0 Å². The highest BCUT2D eigenvalue weighted by Gasteiger charge is 2.05. The molecule has 0 aliphatic heterocycles. The Labute approximate surface area is 120 Å². The van der Waals surface area contributed by atoms with Crippen LogP contribution in [0.3, 0.4) is 0 Å². The minimum absolute atomic E-state index is 0.636. The van der Waals surface area contributed by atoms with E-state index in [1.165, 1.54) is 0 Å². The van der Waals surface area contributed by atoms with E-state index in [2.05, 4.69) is 25.8 Å². The largest absolute Gasteiger partial charge is 0.325 e. The Morgan fingerprint density at radius 3 is 2.85 bits per heavy atom. The number of nitrogens with one attached hydrogen (secondary N) is 2. The molecule has 0 amide bonds. The molecule has 6 nitrogen and oxygen atoms in total. The first kappa shape index (κ1) is 12.6. The zero-order valence-corrected chi connectivity index (χ0v) is 11.5. The number of aromatic amines is 1. The van der Waals surface area contributed by atoms with Gasteiger partial charge in [-0.05, 0) is 30.7 Å². The molecular weight excluding hydrogens is 276 g/mol. The number of nitrogens with zero attached hydrogens (tertiary/aromatic N) is 4. The third kappa shape index (κ3) is 2.60. The van der Waals surface area contributed by atoms with Gasteiger partial charge in [0.2, 0.25) is 6.33 Å². The second-order valence-corrected chi connectivity index (χ2v) is 4.64. The van der Waals surface area contributed by atoms with Crippen molar-refractivity contribution in [2.75, 3.05) is 5.43 Å². The van der Waals surface area contributed by atoms with Crippen LogP contribution in [0.1, 0.15) is 12.5 Å². The lowest BCUT2D eigenvalue weighted by Crippen LogP contribution is -2.24. The number of hydrogen-bond donors (Lipinski definition) is 2. The van der Waals surface area contributed by atoms with E-state index in [0.717, 1.165) is 16.9 Å². The molecule has 0 bridgehead atoms. The fourth-order valence-corrected chi connectivity index (χ4v) is 1.85. The monoisotopic (exact) mass is 287 g/mol. The van der Waals surface area contributed by atoms with Gasteiger partial charge < -0.3 is 0 Å². The van der Waals surface area contributed by atoms with Crippen LogP contribution in [0.5, 0.6) is 0 Å². The lowest BCUT2D eigenvalue weighted by molar-refractivity contribution is -0.579. The molecule has 20 heavy (non-hydrogen) atoms. The van der Waals surface area contributed by atoms with Gasteiger partial charge in [-0.2, -0.15) is 5.10 Å². The first-order valence-corrected chi connectivity index (χ1v) is 6.39. The van der Waals surface area contributed by atoms with Crippen LogP contribution in [0, 0.1) is 0 Å². The summed E-state index contributed by atoms with van der Waals surface area (Å²) in [4.78, 5) is 0. The van der Waals surface area contributed by atoms with Crippen LogP contribution in [-0.2, 0) is 0 Å². The van der Waals surface area contributed by atoms with Gasteiger partial charge in [0, 0.05) is 16.2 Å². The normalized spacial score (nSPS) is 11.8. The quantitative estimate of drug-likeness (QED) is 0.440. The number of H-pyrrole nitrogens is 1. The zero-order valence-electron chi connectivity index (χ0n) is 10.7. The Morgan fingerprint density at radius 2 is 2.05 bits per heavy atom. The molecule has 2 heterocycles. The highest BCUT2D eigenvalue weighted by molar-refractivity contribution is 6.30. The van der Waals surface area contributed by atoms with Crippen molar-refractivity contribution in [3.05, 3.63) is 53.3 Å². The molecule has 0 aliphatic rings. The molecule has 0 saturated carbocycles. The number of fused-ring (bicyclic) bond motifs is 1. The fraction of sp³-hybridized carbons (Fsp3) is 0.0769. The van der Waals surface area contributed by atoms with Gasteiger partial charge >= 0.3 is 5.65 Å². The lowest BCUT2D eigenvalue weighted by Gasteiger charge is -2.02. The summed E-state index contributed by atoms with van der Waals surface area (Å²) in [6, 6.07) is 11.2. The summed E-state index contributed by atoms with van der Waals surface area (Å²) >= 11 is 5.86. The molecule has 3 aromatic rings. The Bertz CT molecular complexity index is 762. The average Bonchev–Trinajstić information content (AvgIpc) is 2.93. The molecule has 0 spiro atoms. The SMILES string of the molecule is C/C(=N/Nc1ccc2n[nH]c[n+]2n1)c1ccc(Cl)cc1. The van der Waals surface area contributed by atoms with Gasteiger partial charge in [0.05, 0.1) is 5.71 Å². The molecule has 0 unspecified atom stereocenters. The maximum absolute atomic E-state index is 5.86. The highest BCUT2D eigenvalue weighted by Crippen LogP contribution is 2.10. The first-order chi connectivity index (χ1) is 9.72. The smallest absolute Gasteiger partial charge is 0.259 e. The molecule has 7 heteroatoms. The van der Waals surface area contributed by atoms with Gasteiger partial charge in [-0.15, -0.1) is 9.61 Å². The maximum Gasteiger partial charge on any atom is 0.325 e. The topological polar surface area (TPSA) is 70.1 Å². The number of benzene rings is 1. The Morgan fingerprint density at radius 1 is 1.25 bits per heavy atom. The van der Waals surface area contributed by atoms with E-state index in [1.54, 1.807) is 10.8 Å². The number of anilines is 1. The number of aromatic nitrogens is 4.